The Balaban J connectivity index is 2.00. The molecule has 0 bridgehead atoms. The first-order chi connectivity index (χ1) is 5.43. The van der Waals surface area contributed by atoms with Gasteiger partial charge in [-0.1, -0.05) is 6.42 Å². The van der Waals surface area contributed by atoms with Crippen molar-refractivity contribution in [2.75, 3.05) is 26.2 Å². The maximum Gasteiger partial charge on any atom is 0.246 e. The van der Waals surface area contributed by atoms with E-state index in [9.17, 15) is 4.57 Å². The highest BCUT2D eigenvalue weighted by atomic mass is 31.1. The molecule has 1 aliphatic heterocycles. The van der Waals surface area contributed by atoms with E-state index in [0.717, 1.165) is 13.1 Å². The van der Waals surface area contributed by atoms with E-state index in [1.807, 2.05) is 0 Å². The Labute approximate surface area is 69.4 Å². The van der Waals surface area contributed by atoms with E-state index in [-0.39, 0.29) is 8.61 Å². The number of likely N-dealkylation sites (tertiary alicyclic amines) is 1. The van der Waals surface area contributed by atoms with Crippen LogP contribution in [0.5, 0.6) is 0 Å². The SMILES string of the molecule is O=PNCCN1CCCCC1. The maximum atomic E-state index is 10.0. The molecule has 11 heavy (non-hydrogen) atoms. The number of nitrogens with zero attached hydrogens (tertiary/aromatic N) is 1. The summed E-state index contributed by atoms with van der Waals surface area (Å²) in [6.07, 6.45) is 4.04. The smallest absolute Gasteiger partial charge is 0.246 e. The molecule has 0 aromatic rings. The molecule has 0 aromatic carbocycles. The largest absolute Gasteiger partial charge is 0.302 e. The van der Waals surface area contributed by atoms with Crippen LogP contribution in [0.1, 0.15) is 19.3 Å². The summed E-state index contributed by atoms with van der Waals surface area (Å²) in [6, 6.07) is 0. The van der Waals surface area contributed by atoms with Gasteiger partial charge < -0.3 is 4.90 Å². The Morgan fingerprint density at radius 1 is 1.27 bits per heavy atom. The molecule has 1 heterocycles. The van der Waals surface area contributed by atoms with Crippen molar-refractivity contribution in [2.45, 2.75) is 19.3 Å². The van der Waals surface area contributed by atoms with Gasteiger partial charge in [0.15, 0.2) is 0 Å². The number of hydrogen-bond donors (Lipinski definition) is 1. The lowest BCUT2D eigenvalue weighted by Gasteiger charge is -2.25. The molecular formula is C7H15N2OP. The van der Waals surface area contributed by atoms with Gasteiger partial charge in [0.2, 0.25) is 8.61 Å². The number of nitrogens with one attached hydrogen (secondary N) is 1. The third kappa shape index (κ3) is 3.80. The molecule has 1 N–H and O–H groups in total. The molecule has 1 saturated heterocycles. The molecule has 1 aliphatic rings. The van der Waals surface area contributed by atoms with Crippen LogP contribution in [0.25, 0.3) is 0 Å². The van der Waals surface area contributed by atoms with Crippen LogP contribution in [-0.2, 0) is 4.57 Å². The van der Waals surface area contributed by atoms with E-state index < -0.39 is 0 Å². The minimum atomic E-state index is 0.0578. The van der Waals surface area contributed by atoms with Crippen molar-refractivity contribution < 1.29 is 4.57 Å². The quantitative estimate of drug-likeness (QED) is 0.514. The second kappa shape index (κ2) is 5.64. The van der Waals surface area contributed by atoms with Crippen LogP contribution in [0, 0.1) is 0 Å². The third-order valence-electron chi connectivity index (χ3n) is 2.05. The lowest BCUT2D eigenvalue weighted by Crippen LogP contribution is -2.34. The van der Waals surface area contributed by atoms with Gasteiger partial charge in [-0.25, -0.2) is 5.09 Å². The topological polar surface area (TPSA) is 32.3 Å². The van der Waals surface area contributed by atoms with Crippen LogP contribution < -0.4 is 5.09 Å². The van der Waals surface area contributed by atoms with Gasteiger partial charge in [0.05, 0.1) is 0 Å². The van der Waals surface area contributed by atoms with Gasteiger partial charge in [-0.05, 0) is 25.9 Å². The van der Waals surface area contributed by atoms with E-state index in [2.05, 4.69) is 9.99 Å². The second-order valence-electron chi connectivity index (χ2n) is 2.90. The van der Waals surface area contributed by atoms with Crippen molar-refractivity contribution in [2.24, 2.45) is 0 Å². The molecule has 64 valence electrons. The average Bonchev–Trinajstić information content (AvgIpc) is 2.07. The number of piperidine rings is 1. The molecule has 0 aromatic heterocycles. The zero-order valence-electron chi connectivity index (χ0n) is 6.75. The molecule has 1 rings (SSSR count). The summed E-state index contributed by atoms with van der Waals surface area (Å²) in [4.78, 5) is 2.42. The first kappa shape index (κ1) is 9.11. The highest BCUT2D eigenvalue weighted by Gasteiger charge is 2.08. The second-order valence-corrected chi connectivity index (χ2v) is 3.40. The first-order valence-electron chi connectivity index (χ1n) is 4.21. The zero-order chi connectivity index (χ0) is 7.94. The molecule has 0 aliphatic carbocycles. The minimum absolute atomic E-state index is 0.0578. The highest BCUT2D eigenvalue weighted by Crippen LogP contribution is 2.07. The van der Waals surface area contributed by atoms with Crippen LogP contribution in [0.4, 0.5) is 0 Å². The molecule has 0 saturated carbocycles. The summed E-state index contributed by atoms with van der Waals surface area (Å²) in [5.74, 6) is 0. The molecule has 1 fully saturated rings. The first-order valence-corrected chi connectivity index (χ1v) is 5.02. The van der Waals surface area contributed by atoms with Crippen molar-refractivity contribution in [1.29, 1.82) is 0 Å². The summed E-state index contributed by atoms with van der Waals surface area (Å²) in [7, 11) is 0.0578. The van der Waals surface area contributed by atoms with E-state index in [0.29, 0.717) is 0 Å². The zero-order valence-corrected chi connectivity index (χ0v) is 7.65. The van der Waals surface area contributed by atoms with Crippen molar-refractivity contribution in [3.8, 4) is 0 Å². The third-order valence-corrected chi connectivity index (χ3v) is 2.41. The Hall–Kier alpha value is 0.0200. The van der Waals surface area contributed by atoms with Crippen LogP contribution in [0.2, 0.25) is 0 Å². The van der Waals surface area contributed by atoms with Crippen molar-refractivity contribution in [3.63, 3.8) is 0 Å². The van der Waals surface area contributed by atoms with Gasteiger partial charge in [-0.2, -0.15) is 0 Å². The van der Waals surface area contributed by atoms with E-state index in [4.69, 9.17) is 0 Å². The monoisotopic (exact) mass is 174 g/mol. The molecule has 0 unspecified atom stereocenters. The van der Waals surface area contributed by atoms with Gasteiger partial charge in [0.25, 0.3) is 0 Å². The van der Waals surface area contributed by atoms with Crippen LogP contribution >= 0.6 is 8.61 Å². The molecule has 0 spiro atoms. The van der Waals surface area contributed by atoms with Gasteiger partial charge in [-0.3, -0.25) is 4.57 Å². The minimum Gasteiger partial charge on any atom is -0.302 e. The number of rotatable bonds is 4. The molecule has 0 amide bonds. The predicted molar refractivity (Wildman–Crippen MR) is 45.9 cm³/mol. The standard InChI is InChI=1S/C7H15N2OP/c10-11-8-4-7-9-5-2-1-3-6-9/h1-7H2,(H,8,10). The van der Waals surface area contributed by atoms with E-state index >= 15 is 0 Å². The van der Waals surface area contributed by atoms with Crippen LogP contribution in [0.3, 0.4) is 0 Å². The van der Waals surface area contributed by atoms with E-state index in [1.165, 1.54) is 32.4 Å². The van der Waals surface area contributed by atoms with Gasteiger partial charge in [0, 0.05) is 13.1 Å². The highest BCUT2D eigenvalue weighted by molar-refractivity contribution is 7.21. The van der Waals surface area contributed by atoms with Crippen molar-refractivity contribution in [3.05, 3.63) is 0 Å². The molecule has 3 nitrogen and oxygen atoms in total. The van der Waals surface area contributed by atoms with Crippen LogP contribution in [0.15, 0.2) is 0 Å². The summed E-state index contributed by atoms with van der Waals surface area (Å²) in [5.41, 5.74) is 0. The molecule has 4 heteroatoms. The van der Waals surface area contributed by atoms with Gasteiger partial charge in [0.1, 0.15) is 0 Å². The lowest BCUT2D eigenvalue weighted by molar-refractivity contribution is 0.233. The molecule has 0 radical (unpaired) electrons. The molecule has 0 atom stereocenters. The Morgan fingerprint density at radius 2 is 2.00 bits per heavy atom. The van der Waals surface area contributed by atoms with Gasteiger partial charge in [-0.15, -0.1) is 0 Å². The predicted octanol–water partition coefficient (Wildman–Crippen LogP) is 1.27. The number of hydrogen-bond acceptors (Lipinski definition) is 2. The van der Waals surface area contributed by atoms with Gasteiger partial charge >= 0.3 is 0 Å². The summed E-state index contributed by atoms with van der Waals surface area (Å²) in [6.45, 7) is 4.31. The Morgan fingerprint density at radius 3 is 2.64 bits per heavy atom. The summed E-state index contributed by atoms with van der Waals surface area (Å²) in [5, 5.41) is 2.77. The van der Waals surface area contributed by atoms with Crippen molar-refractivity contribution >= 4 is 8.61 Å². The van der Waals surface area contributed by atoms with E-state index in [1.54, 1.807) is 0 Å². The maximum absolute atomic E-state index is 10.0. The Bertz CT molecular complexity index is 115. The van der Waals surface area contributed by atoms with Crippen LogP contribution in [-0.4, -0.2) is 31.1 Å². The molecular weight excluding hydrogens is 159 g/mol. The lowest BCUT2D eigenvalue weighted by atomic mass is 10.1. The van der Waals surface area contributed by atoms with Crippen molar-refractivity contribution in [1.82, 2.24) is 9.99 Å². The summed E-state index contributed by atoms with van der Waals surface area (Å²) < 4.78 is 10.0. The average molecular weight is 174 g/mol. The fraction of sp³-hybridized carbons (Fsp3) is 1.00. The summed E-state index contributed by atoms with van der Waals surface area (Å²) >= 11 is 0. The fourth-order valence-electron chi connectivity index (χ4n) is 1.44. The fourth-order valence-corrected chi connectivity index (χ4v) is 1.63. The normalized spacial score (nSPS) is 20.7. The Kier molecular flexibility index (Phi) is 4.67.